The zero-order valence-corrected chi connectivity index (χ0v) is 16.3. The fourth-order valence-electron chi connectivity index (χ4n) is 2.44. The van der Waals surface area contributed by atoms with E-state index < -0.39 is 10.8 Å². The molecule has 0 aliphatic carbocycles. The monoisotopic (exact) mass is 415 g/mol. The van der Waals surface area contributed by atoms with Gasteiger partial charge in [-0.15, -0.1) is 5.10 Å². The van der Waals surface area contributed by atoms with Crippen molar-refractivity contribution in [3.63, 3.8) is 0 Å². The summed E-state index contributed by atoms with van der Waals surface area (Å²) in [6, 6.07) is 8.97. The number of hydrogen-bond donors (Lipinski definition) is 2. The number of thiocarbonyl (C=S) groups is 1. The molecule has 0 unspecified atom stereocenters. The molecule has 29 heavy (non-hydrogen) atoms. The van der Waals surface area contributed by atoms with Crippen molar-refractivity contribution in [1.82, 2.24) is 25.5 Å². The Morgan fingerprint density at radius 1 is 1.31 bits per heavy atom. The molecule has 0 aliphatic heterocycles. The molecule has 2 heterocycles. The summed E-state index contributed by atoms with van der Waals surface area (Å²) >= 11 is 5.07. The molecular weight excluding hydrogens is 398 g/mol. The molecule has 2 N–H and O–H groups in total. The largest absolute Gasteiger partial charge is 0.451 e. The van der Waals surface area contributed by atoms with Crippen molar-refractivity contribution in [3.8, 4) is 11.3 Å². The van der Waals surface area contributed by atoms with Gasteiger partial charge in [0.25, 0.3) is 17.5 Å². The summed E-state index contributed by atoms with van der Waals surface area (Å²) in [5.74, 6) is 0.00790. The third kappa shape index (κ3) is 4.99. The summed E-state index contributed by atoms with van der Waals surface area (Å²) in [7, 11) is 0. The van der Waals surface area contributed by atoms with Gasteiger partial charge in [-0.3, -0.25) is 25.5 Å². The minimum absolute atomic E-state index is 0.0391. The number of tetrazole rings is 1. The minimum atomic E-state index is -0.623. The van der Waals surface area contributed by atoms with E-state index in [1.807, 2.05) is 13.8 Å². The molecule has 3 rings (SSSR count). The highest BCUT2D eigenvalue weighted by molar-refractivity contribution is 7.80. The van der Waals surface area contributed by atoms with Gasteiger partial charge in [0.2, 0.25) is 0 Å². The van der Waals surface area contributed by atoms with Crippen LogP contribution in [-0.4, -0.2) is 36.2 Å². The lowest BCUT2D eigenvalue weighted by Crippen LogP contribution is -2.34. The first-order valence-electron chi connectivity index (χ1n) is 8.57. The Morgan fingerprint density at radius 3 is 2.79 bits per heavy atom. The Kier molecular flexibility index (Phi) is 5.93. The van der Waals surface area contributed by atoms with Crippen LogP contribution in [0.2, 0.25) is 0 Å². The van der Waals surface area contributed by atoms with Gasteiger partial charge in [-0.05, 0) is 41.5 Å². The highest BCUT2D eigenvalue weighted by Crippen LogP contribution is 2.30. The normalized spacial score (nSPS) is 10.7. The topological polar surface area (TPSA) is 141 Å². The maximum absolute atomic E-state index is 12.3. The summed E-state index contributed by atoms with van der Waals surface area (Å²) in [6.45, 7) is 4.63. The molecular formula is C17H17N7O4S. The fourth-order valence-corrected chi connectivity index (χ4v) is 2.62. The average molecular weight is 415 g/mol. The van der Waals surface area contributed by atoms with Crippen LogP contribution in [0.5, 0.6) is 0 Å². The van der Waals surface area contributed by atoms with Gasteiger partial charge in [0.1, 0.15) is 5.76 Å². The lowest BCUT2D eigenvalue weighted by molar-refractivity contribution is -0.384. The maximum Gasteiger partial charge on any atom is 0.293 e. The lowest BCUT2D eigenvalue weighted by atomic mass is 10.1. The number of nitrogens with one attached hydrogen (secondary N) is 2. The van der Waals surface area contributed by atoms with E-state index in [9.17, 15) is 14.9 Å². The standard InChI is InChI=1S/C17H17N7O4S/c1-10(2)9-23-21-16(20-22-23)19-17(29)18-15(25)14-8-7-13(28-14)11-5-3-4-6-12(11)24(26)27/h3-8,10H,9H2,1-2H3,(H2,18,19,21,25,29). The molecule has 0 atom stereocenters. The third-order valence-electron chi connectivity index (χ3n) is 3.63. The molecule has 0 bridgehead atoms. The Morgan fingerprint density at radius 2 is 2.07 bits per heavy atom. The van der Waals surface area contributed by atoms with Gasteiger partial charge in [0, 0.05) is 6.07 Å². The Labute approximate surface area is 170 Å². The van der Waals surface area contributed by atoms with Crippen LogP contribution < -0.4 is 10.6 Å². The summed E-state index contributed by atoms with van der Waals surface area (Å²) in [6.07, 6.45) is 0. The second-order valence-corrected chi connectivity index (χ2v) is 6.82. The van der Waals surface area contributed by atoms with Gasteiger partial charge in [-0.2, -0.15) is 4.80 Å². The van der Waals surface area contributed by atoms with Crippen LogP contribution in [0.15, 0.2) is 40.8 Å². The quantitative estimate of drug-likeness (QED) is 0.353. The molecule has 0 saturated heterocycles. The van der Waals surface area contributed by atoms with Crippen molar-refractivity contribution in [3.05, 3.63) is 52.3 Å². The van der Waals surface area contributed by atoms with Crippen molar-refractivity contribution in [2.45, 2.75) is 20.4 Å². The first-order chi connectivity index (χ1) is 13.8. The number of benzene rings is 1. The third-order valence-corrected chi connectivity index (χ3v) is 3.83. The van der Waals surface area contributed by atoms with Crippen LogP contribution in [0.3, 0.4) is 0 Å². The predicted octanol–water partition coefficient (Wildman–Crippen LogP) is 2.62. The van der Waals surface area contributed by atoms with Crippen LogP contribution in [0.1, 0.15) is 24.4 Å². The van der Waals surface area contributed by atoms with Crippen LogP contribution >= 0.6 is 12.2 Å². The summed E-state index contributed by atoms with van der Waals surface area (Å²) < 4.78 is 5.47. The molecule has 150 valence electrons. The molecule has 11 nitrogen and oxygen atoms in total. The van der Waals surface area contributed by atoms with Gasteiger partial charge in [-0.1, -0.05) is 31.1 Å². The Balaban J connectivity index is 1.65. The van der Waals surface area contributed by atoms with Crippen LogP contribution in [0.4, 0.5) is 11.6 Å². The second kappa shape index (κ2) is 8.56. The zero-order chi connectivity index (χ0) is 21.0. The minimum Gasteiger partial charge on any atom is -0.451 e. The molecule has 0 fully saturated rings. The van der Waals surface area contributed by atoms with E-state index in [2.05, 4.69) is 26.0 Å². The number of amides is 1. The zero-order valence-electron chi connectivity index (χ0n) is 15.5. The van der Waals surface area contributed by atoms with Gasteiger partial charge >= 0.3 is 0 Å². The van der Waals surface area contributed by atoms with E-state index in [0.717, 1.165) is 0 Å². The van der Waals surface area contributed by atoms with Crippen molar-refractivity contribution < 1.29 is 14.1 Å². The summed E-state index contributed by atoms with van der Waals surface area (Å²) in [5.41, 5.74) is 0.143. The van der Waals surface area contributed by atoms with Crippen molar-refractivity contribution in [2.75, 3.05) is 5.32 Å². The molecule has 3 aromatic rings. The average Bonchev–Trinajstić information content (AvgIpc) is 3.31. The summed E-state index contributed by atoms with van der Waals surface area (Å²) in [5, 5.41) is 28.0. The number of aromatic nitrogens is 4. The number of nitro benzene ring substituents is 1. The molecule has 0 spiro atoms. The molecule has 12 heteroatoms. The van der Waals surface area contributed by atoms with Gasteiger partial charge in [-0.25, -0.2) is 0 Å². The van der Waals surface area contributed by atoms with E-state index in [-0.39, 0.29) is 33.8 Å². The number of nitro groups is 1. The SMILES string of the molecule is CC(C)Cn1nnc(NC(=S)NC(=O)c2ccc(-c3ccccc3[N+](=O)[O-])o2)n1. The van der Waals surface area contributed by atoms with E-state index in [1.165, 1.54) is 29.1 Å². The Hall–Kier alpha value is -3.67. The first kappa shape index (κ1) is 20.1. The molecule has 0 aliphatic rings. The lowest BCUT2D eigenvalue weighted by Gasteiger charge is -2.05. The number of rotatable bonds is 6. The smallest absolute Gasteiger partial charge is 0.293 e. The van der Waals surface area contributed by atoms with E-state index >= 15 is 0 Å². The van der Waals surface area contributed by atoms with Crippen molar-refractivity contribution >= 4 is 34.9 Å². The highest BCUT2D eigenvalue weighted by Gasteiger charge is 2.20. The maximum atomic E-state index is 12.3. The van der Waals surface area contributed by atoms with Gasteiger partial charge in [0.05, 0.1) is 17.0 Å². The number of carbonyl (C=O) groups is 1. The highest BCUT2D eigenvalue weighted by atomic mass is 32.1. The molecule has 2 aromatic heterocycles. The van der Waals surface area contributed by atoms with Crippen molar-refractivity contribution in [2.24, 2.45) is 5.92 Å². The first-order valence-corrected chi connectivity index (χ1v) is 8.98. The van der Waals surface area contributed by atoms with Crippen LogP contribution in [0, 0.1) is 16.0 Å². The summed E-state index contributed by atoms with van der Waals surface area (Å²) in [4.78, 5) is 24.4. The second-order valence-electron chi connectivity index (χ2n) is 6.41. The molecule has 1 aromatic carbocycles. The number of anilines is 1. The number of carbonyl (C=O) groups excluding carboxylic acids is 1. The van der Waals surface area contributed by atoms with E-state index in [4.69, 9.17) is 16.6 Å². The molecule has 1 amide bonds. The number of para-hydroxylation sites is 1. The molecule has 0 radical (unpaired) electrons. The number of nitrogens with zero attached hydrogens (tertiary/aromatic N) is 5. The Bertz CT molecular complexity index is 1060. The van der Waals surface area contributed by atoms with E-state index in [0.29, 0.717) is 12.5 Å². The molecule has 0 saturated carbocycles. The van der Waals surface area contributed by atoms with Crippen LogP contribution in [-0.2, 0) is 6.54 Å². The van der Waals surface area contributed by atoms with E-state index in [1.54, 1.807) is 12.1 Å². The van der Waals surface area contributed by atoms with Crippen molar-refractivity contribution in [1.29, 1.82) is 0 Å². The fraction of sp³-hybridized carbons (Fsp3) is 0.235. The van der Waals surface area contributed by atoms with Crippen LogP contribution in [0.25, 0.3) is 11.3 Å². The van der Waals surface area contributed by atoms with Gasteiger partial charge in [0.15, 0.2) is 10.9 Å². The van der Waals surface area contributed by atoms with Gasteiger partial charge < -0.3 is 4.42 Å². The number of hydrogen-bond acceptors (Lipinski definition) is 8. The predicted molar refractivity (Wildman–Crippen MR) is 107 cm³/mol. The number of furan rings is 1.